The predicted octanol–water partition coefficient (Wildman–Crippen LogP) is 1.29. The molecule has 0 bridgehead atoms. The molecule has 1 saturated heterocycles. The van der Waals surface area contributed by atoms with E-state index in [4.69, 9.17) is 4.74 Å². The smallest absolute Gasteiger partial charge is 0.339 e. The van der Waals surface area contributed by atoms with Gasteiger partial charge in [0.05, 0.1) is 18.4 Å². The molecule has 0 unspecified atom stereocenters. The summed E-state index contributed by atoms with van der Waals surface area (Å²) < 4.78 is 4.80. The second kappa shape index (κ2) is 7.61. The van der Waals surface area contributed by atoms with E-state index in [-0.39, 0.29) is 0 Å². The number of esters is 1. The molecule has 1 fully saturated rings. The van der Waals surface area contributed by atoms with Crippen LogP contribution in [0.2, 0.25) is 0 Å². The fraction of sp³-hybridized carbons (Fsp3) is 0.294. The topological polar surface area (TPSA) is 87.7 Å². The van der Waals surface area contributed by atoms with Gasteiger partial charge in [-0.25, -0.2) is 14.8 Å². The molecule has 1 N–H and O–H groups in total. The molecule has 1 aromatic carbocycles. The third-order valence-electron chi connectivity index (χ3n) is 4.04. The number of aromatic nitrogens is 2. The van der Waals surface area contributed by atoms with Gasteiger partial charge in [-0.2, -0.15) is 0 Å². The predicted molar refractivity (Wildman–Crippen MR) is 92.9 cm³/mol. The zero-order chi connectivity index (χ0) is 17.6. The number of anilines is 3. The van der Waals surface area contributed by atoms with Crippen molar-refractivity contribution in [1.82, 2.24) is 14.9 Å². The van der Waals surface area contributed by atoms with Gasteiger partial charge in [0.25, 0.3) is 0 Å². The van der Waals surface area contributed by atoms with Crippen molar-refractivity contribution in [2.24, 2.45) is 0 Å². The van der Waals surface area contributed by atoms with E-state index in [1.807, 2.05) is 12.1 Å². The SMILES string of the molecule is COC(=O)c1ccccc1Nc1cc(N2CCN(C=O)CC2)ncn1. The van der Waals surface area contributed by atoms with E-state index in [1.54, 1.807) is 23.1 Å². The van der Waals surface area contributed by atoms with Crippen LogP contribution >= 0.6 is 0 Å². The molecule has 0 atom stereocenters. The van der Waals surface area contributed by atoms with Crippen molar-refractivity contribution in [1.29, 1.82) is 0 Å². The number of carbonyl (C=O) groups is 2. The van der Waals surface area contributed by atoms with Gasteiger partial charge >= 0.3 is 5.97 Å². The van der Waals surface area contributed by atoms with E-state index >= 15 is 0 Å². The summed E-state index contributed by atoms with van der Waals surface area (Å²) in [5, 5.41) is 3.14. The normalized spacial score (nSPS) is 14.1. The van der Waals surface area contributed by atoms with Gasteiger partial charge in [0.2, 0.25) is 6.41 Å². The fourth-order valence-corrected chi connectivity index (χ4v) is 2.66. The van der Waals surface area contributed by atoms with Crippen molar-refractivity contribution in [3.63, 3.8) is 0 Å². The highest BCUT2D eigenvalue weighted by Gasteiger charge is 2.17. The maximum Gasteiger partial charge on any atom is 0.339 e. The number of para-hydroxylation sites is 1. The van der Waals surface area contributed by atoms with E-state index in [0.29, 0.717) is 43.2 Å². The van der Waals surface area contributed by atoms with Gasteiger partial charge in [0.15, 0.2) is 0 Å². The zero-order valence-corrected chi connectivity index (χ0v) is 13.9. The molecule has 2 aromatic rings. The molecule has 0 spiro atoms. The van der Waals surface area contributed by atoms with Crippen LogP contribution in [-0.2, 0) is 9.53 Å². The number of hydrogen-bond donors (Lipinski definition) is 1. The number of ether oxygens (including phenoxy) is 1. The van der Waals surface area contributed by atoms with Gasteiger partial charge in [0.1, 0.15) is 18.0 Å². The van der Waals surface area contributed by atoms with Crippen molar-refractivity contribution < 1.29 is 14.3 Å². The van der Waals surface area contributed by atoms with Crippen molar-refractivity contribution in [3.8, 4) is 0 Å². The van der Waals surface area contributed by atoms with Crippen LogP contribution in [0.3, 0.4) is 0 Å². The number of methoxy groups -OCH3 is 1. The molecule has 25 heavy (non-hydrogen) atoms. The highest BCUT2D eigenvalue weighted by Crippen LogP contribution is 2.22. The number of nitrogens with zero attached hydrogens (tertiary/aromatic N) is 4. The van der Waals surface area contributed by atoms with Gasteiger partial charge in [-0.15, -0.1) is 0 Å². The van der Waals surface area contributed by atoms with E-state index in [1.165, 1.54) is 13.4 Å². The molecule has 1 aliphatic rings. The van der Waals surface area contributed by atoms with Crippen LogP contribution in [-0.4, -0.2) is 60.5 Å². The first-order valence-electron chi connectivity index (χ1n) is 7.92. The molecule has 8 heteroatoms. The van der Waals surface area contributed by atoms with Crippen LogP contribution in [0.4, 0.5) is 17.3 Å². The van der Waals surface area contributed by atoms with Crippen molar-refractivity contribution in [3.05, 3.63) is 42.2 Å². The van der Waals surface area contributed by atoms with E-state index in [0.717, 1.165) is 12.2 Å². The summed E-state index contributed by atoms with van der Waals surface area (Å²) in [7, 11) is 1.35. The third-order valence-corrected chi connectivity index (χ3v) is 4.04. The van der Waals surface area contributed by atoms with Crippen LogP contribution in [0.1, 0.15) is 10.4 Å². The average Bonchev–Trinajstić information content (AvgIpc) is 2.68. The summed E-state index contributed by atoms with van der Waals surface area (Å²) in [5.74, 6) is 0.945. The fourth-order valence-electron chi connectivity index (χ4n) is 2.66. The Morgan fingerprint density at radius 2 is 1.96 bits per heavy atom. The largest absolute Gasteiger partial charge is 0.465 e. The lowest BCUT2D eigenvalue weighted by molar-refractivity contribution is -0.118. The molecular weight excluding hydrogens is 322 g/mol. The molecular formula is C17H19N5O3. The molecule has 8 nitrogen and oxygen atoms in total. The number of rotatable bonds is 5. The van der Waals surface area contributed by atoms with Crippen molar-refractivity contribution in [2.45, 2.75) is 0 Å². The number of hydrogen-bond acceptors (Lipinski definition) is 7. The first kappa shape index (κ1) is 16.7. The maximum absolute atomic E-state index is 11.9. The molecule has 0 saturated carbocycles. The summed E-state index contributed by atoms with van der Waals surface area (Å²) in [6.45, 7) is 2.77. The Balaban J connectivity index is 1.77. The highest BCUT2D eigenvalue weighted by molar-refractivity contribution is 5.96. The molecule has 2 heterocycles. The quantitative estimate of drug-likeness (QED) is 0.647. The summed E-state index contributed by atoms with van der Waals surface area (Å²) >= 11 is 0. The third kappa shape index (κ3) is 3.85. The Kier molecular flexibility index (Phi) is 5.08. The summed E-state index contributed by atoms with van der Waals surface area (Å²) in [4.78, 5) is 35.0. The van der Waals surface area contributed by atoms with Gasteiger partial charge < -0.3 is 19.9 Å². The van der Waals surface area contributed by atoms with E-state index < -0.39 is 5.97 Å². The summed E-state index contributed by atoms with van der Waals surface area (Å²) in [6.07, 6.45) is 2.35. The average molecular weight is 341 g/mol. The maximum atomic E-state index is 11.9. The Morgan fingerprint density at radius 3 is 2.68 bits per heavy atom. The van der Waals surface area contributed by atoms with Crippen LogP contribution in [0.25, 0.3) is 0 Å². The molecule has 130 valence electrons. The lowest BCUT2D eigenvalue weighted by Crippen LogP contribution is -2.46. The summed E-state index contributed by atoms with van der Waals surface area (Å²) in [5.41, 5.74) is 1.05. The number of carbonyl (C=O) groups excluding carboxylic acids is 2. The monoisotopic (exact) mass is 341 g/mol. The molecule has 1 amide bonds. The van der Waals surface area contributed by atoms with Gasteiger partial charge in [-0.05, 0) is 12.1 Å². The van der Waals surface area contributed by atoms with Gasteiger partial charge in [-0.1, -0.05) is 12.1 Å². The Morgan fingerprint density at radius 1 is 1.20 bits per heavy atom. The molecule has 0 radical (unpaired) electrons. The number of benzene rings is 1. The van der Waals surface area contributed by atoms with Crippen LogP contribution in [0.5, 0.6) is 0 Å². The second-order valence-electron chi connectivity index (χ2n) is 5.55. The summed E-state index contributed by atoms with van der Waals surface area (Å²) in [6, 6.07) is 8.90. The highest BCUT2D eigenvalue weighted by atomic mass is 16.5. The molecule has 0 aliphatic carbocycles. The number of amides is 1. The Bertz CT molecular complexity index is 759. The van der Waals surface area contributed by atoms with E-state index in [9.17, 15) is 9.59 Å². The second-order valence-corrected chi connectivity index (χ2v) is 5.55. The standard InChI is InChI=1S/C17H19N5O3/c1-25-17(24)13-4-2-3-5-14(13)20-15-10-16(19-11-18-15)22-8-6-21(12-23)7-9-22/h2-5,10-12H,6-9H2,1H3,(H,18,19,20). The first-order chi connectivity index (χ1) is 12.2. The van der Waals surface area contributed by atoms with E-state index in [2.05, 4.69) is 20.2 Å². The Labute approximate surface area is 145 Å². The van der Waals surface area contributed by atoms with Crippen LogP contribution in [0.15, 0.2) is 36.7 Å². The lowest BCUT2D eigenvalue weighted by Gasteiger charge is -2.33. The van der Waals surface area contributed by atoms with Crippen molar-refractivity contribution in [2.75, 3.05) is 43.5 Å². The minimum absolute atomic E-state index is 0.414. The molecule has 1 aromatic heterocycles. The first-order valence-corrected chi connectivity index (χ1v) is 7.92. The minimum atomic E-state index is -0.414. The lowest BCUT2D eigenvalue weighted by atomic mass is 10.2. The van der Waals surface area contributed by atoms with Crippen LogP contribution in [0, 0.1) is 0 Å². The number of piperazine rings is 1. The van der Waals surface area contributed by atoms with Crippen molar-refractivity contribution >= 4 is 29.7 Å². The zero-order valence-electron chi connectivity index (χ0n) is 13.9. The molecule has 3 rings (SSSR count). The van der Waals surface area contributed by atoms with Gasteiger partial charge in [-0.3, -0.25) is 4.79 Å². The van der Waals surface area contributed by atoms with Crippen LogP contribution < -0.4 is 10.2 Å². The Hall–Kier alpha value is -3.16. The van der Waals surface area contributed by atoms with Gasteiger partial charge in [0, 0.05) is 32.2 Å². The molecule has 1 aliphatic heterocycles. The number of nitrogens with one attached hydrogen (secondary N) is 1. The minimum Gasteiger partial charge on any atom is -0.465 e.